The minimum Gasteiger partial charge on any atom is -0.484 e. The zero-order valence-corrected chi connectivity index (χ0v) is 5.60. The van der Waals surface area contributed by atoms with Gasteiger partial charge in [0.25, 0.3) is 0 Å². The van der Waals surface area contributed by atoms with E-state index in [2.05, 4.69) is 4.74 Å². The van der Waals surface area contributed by atoms with Crippen LogP contribution in [0.15, 0.2) is 11.8 Å². The van der Waals surface area contributed by atoms with E-state index in [1.165, 1.54) is 0 Å². The Kier molecular flexibility index (Phi) is 2.11. The molecule has 1 aliphatic heterocycles. The molecule has 0 saturated heterocycles. The number of hydrogen-bond donors (Lipinski definition) is 3. The third-order valence-electron chi connectivity index (χ3n) is 1.34. The first kappa shape index (κ1) is 8.03. The number of hydrogen-bond acceptors (Lipinski definition) is 4. The Morgan fingerprint density at radius 3 is 2.73 bits per heavy atom. The molecule has 1 heterocycles. The van der Waals surface area contributed by atoms with Crippen LogP contribution in [0.2, 0.25) is 0 Å². The van der Waals surface area contributed by atoms with Crippen molar-refractivity contribution in [2.24, 2.45) is 0 Å². The van der Waals surface area contributed by atoms with Gasteiger partial charge in [0.2, 0.25) is 5.76 Å². The van der Waals surface area contributed by atoms with Crippen LogP contribution in [-0.4, -0.2) is 40.1 Å². The second kappa shape index (κ2) is 2.89. The maximum Gasteiger partial charge on any atom is 0.370 e. The van der Waals surface area contributed by atoms with Crippen molar-refractivity contribution >= 4 is 5.97 Å². The molecule has 5 nitrogen and oxygen atoms in total. The Labute approximate surface area is 62.5 Å². The normalized spacial score (nSPS) is 30.5. The van der Waals surface area contributed by atoms with E-state index < -0.39 is 18.2 Å². The molecule has 0 amide bonds. The molecule has 0 bridgehead atoms. The maximum atomic E-state index is 10.2. The van der Waals surface area contributed by atoms with Crippen LogP contribution in [0, 0.1) is 0 Å². The molecule has 11 heavy (non-hydrogen) atoms. The van der Waals surface area contributed by atoms with Gasteiger partial charge in [0, 0.05) is 0 Å². The van der Waals surface area contributed by atoms with Crippen molar-refractivity contribution < 1.29 is 24.9 Å². The molecule has 1 rings (SSSR count). The van der Waals surface area contributed by atoms with E-state index >= 15 is 0 Å². The molecule has 0 radical (unpaired) electrons. The van der Waals surface area contributed by atoms with Gasteiger partial charge < -0.3 is 20.1 Å². The Morgan fingerprint density at radius 2 is 2.27 bits per heavy atom. The maximum absolute atomic E-state index is 10.2. The number of carbonyl (C=O) groups is 1. The molecule has 0 saturated carbocycles. The minimum absolute atomic E-state index is 0.181. The fraction of sp³-hybridized carbons (Fsp3) is 0.500. The van der Waals surface area contributed by atoms with Gasteiger partial charge >= 0.3 is 5.97 Å². The fourth-order valence-corrected chi connectivity index (χ4v) is 0.721. The smallest absolute Gasteiger partial charge is 0.370 e. The van der Waals surface area contributed by atoms with Gasteiger partial charge in [-0.25, -0.2) is 4.79 Å². The molecule has 1 aliphatic rings. The van der Waals surface area contributed by atoms with Crippen molar-refractivity contribution in [3.8, 4) is 0 Å². The van der Waals surface area contributed by atoms with Gasteiger partial charge in [-0.1, -0.05) is 0 Å². The second-order valence-corrected chi connectivity index (χ2v) is 2.21. The summed E-state index contributed by atoms with van der Waals surface area (Å²) in [6, 6.07) is 0. The Balaban J connectivity index is 2.71. The molecular weight excluding hydrogens is 152 g/mol. The van der Waals surface area contributed by atoms with Crippen molar-refractivity contribution in [3.63, 3.8) is 0 Å². The third-order valence-corrected chi connectivity index (χ3v) is 1.34. The molecule has 3 N–H and O–H groups in total. The number of aliphatic hydroxyl groups excluding tert-OH is 2. The number of aliphatic carboxylic acids is 1. The van der Waals surface area contributed by atoms with E-state index in [4.69, 9.17) is 15.3 Å². The molecule has 0 aliphatic carbocycles. The largest absolute Gasteiger partial charge is 0.484 e. The molecule has 0 fully saturated rings. The van der Waals surface area contributed by atoms with Crippen molar-refractivity contribution in [1.82, 2.24) is 0 Å². The van der Waals surface area contributed by atoms with Crippen molar-refractivity contribution in [3.05, 3.63) is 11.8 Å². The molecule has 2 atom stereocenters. The van der Waals surface area contributed by atoms with Crippen LogP contribution in [0.4, 0.5) is 0 Å². The lowest BCUT2D eigenvalue weighted by atomic mass is 10.1. The summed E-state index contributed by atoms with van der Waals surface area (Å²) in [6.07, 6.45) is -1.20. The number of rotatable bonds is 1. The van der Waals surface area contributed by atoms with Crippen LogP contribution in [0.25, 0.3) is 0 Å². The summed E-state index contributed by atoms with van der Waals surface area (Å²) in [6.45, 7) is -0.181. The Bertz CT molecular complexity index is 197. The van der Waals surface area contributed by atoms with Gasteiger partial charge in [0.15, 0.2) is 0 Å². The lowest BCUT2D eigenvalue weighted by Gasteiger charge is -2.21. The fourth-order valence-electron chi connectivity index (χ4n) is 0.721. The zero-order valence-electron chi connectivity index (χ0n) is 5.60. The van der Waals surface area contributed by atoms with Gasteiger partial charge in [0.05, 0.1) is 0 Å². The third kappa shape index (κ3) is 1.69. The molecule has 62 valence electrons. The average molecular weight is 160 g/mol. The summed E-state index contributed by atoms with van der Waals surface area (Å²) in [5.41, 5.74) is 0. The summed E-state index contributed by atoms with van der Waals surface area (Å²) >= 11 is 0. The number of ether oxygens (including phenoxy) is 1. The highest BCUT2D eigenvalue weighted by Crippen LogP contribution is 2.10. The standard InChI is InChI=1S/C6H8O5/c7-3-1-5(6(9)10)11-2-4(3)8/h1,3-4,7-8H,2H2,(H,9,10)/t3-,4-/m0/s1. The minimum atomic E-state index is -1.24. The topological polar surface area (TPSA) is 87.0 Å². The van der Waals surface area contributed by atoms with E-state index in [0.717, 1.165) is 6.08 Å². The number of aliphatic hydroxyl groups is 2. The number of carboxylic acids is 1. The van der Waals surface area contributed by atoms with Crippen LogP contribution in [0.3, 0.4) is 0 Å². The summed E-state index contributed by atoms with van der Waals surface area (Å²) in [5, 5.41) is 26.1. The summed E-state index contributed by atoms with van der Waals surface area (Å²) in [4.78, 5) is 10.2. The molecule has 5 heteroatoms. The van der Waals surface area contributed by atoms with Crippen molar-refractivity contribution in [1.29, 1.82) is 0 Å². The first-order valence-electron chi connectivity index (χ1n) is 3.05. The molecule has 0 aromatic heterocycles. The van der Waals surface area contributed by atoms with Crippen molar-refractivity contribution in [2.75, 3.05) is 6.61 Å². The average Bonchev–Trinajstić information content (AvgIpc) is 1.94. The van der Waals surface area contributed by atoms with E-state index in [0.29, 0.717) is 0 Å². The van der Waals surface area contributed by atoms with E-state index in [1.54, 1.807) is 0 Å². The lowest BCUT2D eigenvalue weighted by Crippen LogP contribution is -2.34. The molecule has 0 aromatic carbocycles. The van der Waals surface area contributed by atoms with E-state index in [1.807, 2.05) is 0 Å². The first-order valence-corrected chi connectivity index (χ1v) is 3.05. The van der Waals surface area contributed by atoms with Gasteiger partial charge in [-0.15, -0.1) is 0 Å². The van der Waals surface area contributed by atoms with Gasteiger partial charge in [-0.2, -0.15) is 0 Å². The highest BCUT2D eigenvalue weighted by atomic mass is 16.5. The lowest BCUT2D eigenvalue weighted by molar-refractivity contribution is -0.138. The summed E-state index contributed by atoms with van der Waals surface area (Å²) in [5.74, 6) is -1.56. The molecule has 0 spiro atoms. The molecule has 0 aromatic rings. The highest BCUT2D eigenvalue weighted by molar-refractivity contribution is 5.84. The van der Waals surface area contributed by atoms with Crippen LogP contribution in [0.1, 0.15) is 0 Å². The van der Waals surface area contributed by atoms with E-state index in [-0.39, 0.29) is 12.4 Å². The van der Waals surface area contributed by atoms with Gasteiger partial charge in [-0.3, -0.25) is 0 Å². The Morgan fingerprint density at radius 1 is 1.64 bits per heavy atom. The van der Waals surface area contributed by atoms with Crippen LogP contribution >= 0.6 is 0 Å². The molecule has 0 unspecified atom stereocenters. The predicted octanol–water partition coefficient (Wildman–Crippen LogP) is -1.29. The molecular formula is C6H8O5. The van der Waals surface area contributed by atoms with E-state index in [9.17, 15) is 4.79 Å². The van der Waals surface area contributed by atoms with Crippen LogP contribution < -0.4 is 0 Å². The quantitative estimate of drug-likeness (QED) is 0.444. The highest BCUT2D eigenvalue weighted by Gasteiger charge is 2.24. The zero-order chi connectivity index (χ0) is 8.43. The summed E-state index contributed by atoms with van der Waals surface area (Å²) < 4.78 is 4.57. The van der Waals surface area contributed by atoms with Crippen molar-refractivity contribution in [2.45, 2.75) is 12.2 Å². The predicted molar refractivity (Wildman–Crippen MR) is 33.7 cm³/mol. The monoisotopic (exact) mass is 160 g/mol. The first-order chi connectivity index (χ1) is 5.11. The SMILES string of the molecule is O=C(O)C1=C[C@H](O)[C@@H](O)CO1. The number of carboxylic acid groups (broad SMARTS) is 1. The van der Waals surface area contributed by atoms with Crippen LogP contribution in [0.5, 0.6) is 0 Å². The summed E-state index contributed by atoms with van der Waals surface area (Å²) in [7, 11) is 0. The van der Waals surface area contributed by atoms with Gasteiger partial charge in [0.1, 0.15) is 18.8 Å². The van der Waals surface area contributed by atoms with Gasteiger partial charge in [-0.05, 0) is 6.08 Å². The second-order valence-electron chi connectivity index (χ2n) is 2.21. The van der Waals surface area contributed by atoms with Crippen LogP contribution in [-0.2, 0) is 9.53 Å². The Hall–Kier alpha value is -1.07.